The molecule has 1 aliphatic heterocycles. The van der Waals surface area contributed by atoms with Crippen LogP contribution in [0.2, 0.25) is 0 Å². The molecule has 17 heavy (non-hydrogen) atoms. The Morgan fingerprint density at radius 3 is 2.76 bits per heavy atom. The number of nitrogens with zero attached hydrogens (tertiary/aromatic N) is 1. The quantitative estimate of drug-likeness (QED) is 0.812. The fourth-order valence-electron chi connectivity index (χ4n) is 2.29. The predicted molar refractivity (Wildman–Crippen MR) is 71.9 cm³/mol. The molecule has 1 saturated heterocycles. The van der Waals surface area contributed by atoms with E-state index < -0.39 is 0 Å². The van der Waals surface area contributed by atoms with Gasteiger partial charge in [-0.3, -0.25) is 4.90 Å². The smallest absolute Gasteiger partial charge is 0.104 e. The zero-order chi connectivity index (χ0) is 12.3. The average Bonchev–Trinajstić information content (AvgIpc) is 2.85. The Morgan fingerprint density at radius 2 is 2.12 bits per heavy atom. The van der Waals surface area contributed by atoms with Gasteiger partial charge in [-0.2, -0.15) is 0 Å². The number of rotatable bonds is 2. The molecule has 1 aromatic heterocycles. The molecule has 0 radical (unpaired) electrons. The maximum atomic E-state index is 8.73. The van der Waals surface area contributed by atoms with Gasteiger partial charge < -0.3 is 5.11 Å². The minimum Gasteiger partial charge on any atom is -0.384 e. The third kappa shape index (κ3) is 3.10. The summed E-state index contributed by atoms with van der Waals surface area (Å²) < 4.78 is 0. The van der Waals surface area contributed by atoms with E-state index in [-0.39, 0.29) is 6.61 Å². The SMILES string of the molecule is CC1CN(Cc2sccc2C#CCO)CC1C. The van der Waals surface area contributed by atoms with E-state index in [9.17, 15) is 0 Å². The molecule has 0 spiro atoms. The van der Waals surface area contributed by atoms with Gasteiger partial charge in [0.2, 0.25) is 0 Å². The van der Waals surface area contributed by atoms with Crippen molar-refractivity contribution in [1.29, 1.82) is 0 Å². The molecule has 2 unspecified atom stereocenters. The minimum atomic E-state index is -0.0624. The summed E-state index contributed by atoms with van der Waals surface area (Å²) in [4.78, 5) is 3.83. The molecule has 1 aromatic rings. The first-order valence-corrected chi connectivity index (χ1v) is 6.97. The second kappa shape index (κ2) is 5.68. The van der Waals surface area contributed by atoms with Crippen molar-refractivity contribution < 1.29 is 5.11 Å². The van der Waals surface area contributed by atoms with E-state index in [1.54, 1.807) is 11.3 Å². The summed E-state index contributed by atoms with van der Waals surface area (Å²) in [5, 5.41) is 10.8. The van der Waals surface area contributed by atoms with E-state index in [2.05, 4.69) is 36.0 Å². The van der Waals surface area contributed by atoms with Gasteiger partial charge >= 0.3 is 0 Å². The Balaban J connectivity index is 2.02. The first-order chi connectivity index (χ1) is 8.20. The maximum Gasteiger partial charge on any atom is 0.104 e. The van der Waals surface area contributed by atoms with Crippen LogP contribution in [-0.2, 0) is 6.54 Å². The molecule has 2 atom stereocenters. The number of likely N-dealkylation sites (tertiary alicyclic amines) is 1. The van der Waals surface area contributed by atoms with E-state index in [4.69, 9.17) is 5.11 Å². The van der Waals surface area contributed by atoms with Gasteiger partial charge in [0.1, 0.15) is 6.61 Å². The molecule has 0 aliphatic carbocycles. The van der Waals surface area contributed by atoms with Gasteiger partial charge in [0.15, 0.2) is 0 Å². The molecule has 1 N–H and O–H groups in total. The molecule has 1 fully saturated rings. The molecule has 0 bridgehead atoms. The Bertz CT molecular complexity index is 419. The van der Waals surface area contributed by atoms with Crippen molar-refractivity contribution in [3.05, 3.63) is 21.9 Å². The van der Waals surface area contributed by atoms with Gasteiger partial charge in [0, 0.05) is 30.1 Å². The van der Waals surface area contributed by atoms with Crippen LogP contribution >= 0.6 is 11.3 Å². The molecule has 92 valence electrons. The van der Waals surface area contributed by atoms with Crippen LogP contribution in [0.5, 0.6) is 0 Å². The zero-order valence-corrected chi connectivity index (χ0v) is 11.3. The van der Waals surface area contributed by atoms with Gasteiger partial charge in [-0.25, -0.2) is 0 Å². The van der Waals surface area contributed by atoms with E-state index >= 15 is 0 Å². The summed E-state index contributed by atoms with van der Waals surface area (Å²) in [6.45, 7) is 7.96. The fraction of sp³-hybridized carbons (Fsp3) is 0.571. The summed E-state index contributed by atoms with van der Waals surface area (Å²) in [6.07, 6.45) is 0. The molecule has 1 aliphatic rings. The highest BCUT2D eigenvalue weighted by Gasteiger charge is 2.26. The number of hydrogen-bond donors (Lipinski definition) is 1. The van der Waals surface area contributed by atoms with Crippen molar-refractivity contribution in [3.63, 3.8) is 0 Å². The molecular formula is C14H19NOS. The highest BCUT2D eigenvalue weighted by Crippen LogP contribution is 2.26. The van der Waals surface area contributed by atoms with E-state index in [0.29, 0.717) is 0 Å². The van der Waals surface area contributed by atoms with Crippen molar-refractivity contribution in [2.75, 3.05) is 19.7 Å². The van der Waals surface area contributed by atoms with Crippen LogP contribution in [0.4, 0.5) is 0 Å². The lowest BCUT2D eigenvalue weighted by atomic mass is 10.0. The van der Waals surface area contributed by atoms with Crippen LogP contribution in [0.15, 0.2) is 11.4 Å². The largest absolute Gasteiger partial charge is 0.384 e. The molecule has 0 aromatic carbocycles. The van der Waals surface area contributed by atoms with E-state index in [1.807, 2.05) is 6.07 Å². The number of hydrogen-bond acceptors (Lipinski definition) is 3. The van der Waals surface area contributed by atoms with Crippen molar-refractivity contribution in [2.24, 2.45) is 11.8 Å². The van der Waals surface area contributed by atoms with Gasteiger partial charge in [0.25, 0.3) is 0 Å². The van der Waals surface area contributed by atoms with Gasteiger partial charge in [0.05, 0.1) is 0 Å². The lowest BCUT2D eigenvalue weighted by Gasteiger charge is -2.14. The predicted octanol–water partition coefficient (Wildman–Crippen LogP) is 2.18. The molecule has 2 rings (SSSR count). The Kier molecular flexibility index (Phi) is 4.22. The third-order valence-electron chi connectivity index (χ3n) is 3.48. The van der Waals surface area contributed by atoms with Gasteiger partial charge in [-0.15, -0.1) is 11.3 Å². The first-order valence-electron chi connectivity index (χ1n) is 6.09. The lowest BCUT2D eigenvalue weighted by molar-refractivity contribution is 0.319. The summed E-state index contributed by atoms with van der Waals surface area (Å²) >= 11 is 1.76. The highest BCUT2D eigenvalue weighted by molar-refractivity contribution is 7.10. The first kappa shape index (κ1) is 12.6. The second-order valence-corrected chi connectivity index (χ2v) is 5.87. The topological polar surface area (TPSA) is 23.5 Å². The molecule has 0 amide bonds. The Labute approximate surface area is 107 Å². The number of thiophene rings is 1. The molecule has 2 nitrogen and oxygen atoms in total. The van der Waals surface area contributed by atoms with Crippen LogP contribution in [0, 0.1) is 23.7 Å². The van der Waals surface area contributed by atoms with Crippen molar-refractivity contribution >= 4 is 11.3 Å². The average molecular weight is 249 g/mol. The normalized spacial score (nSPS) is 24.6. The second-order valence-electron chi connectivity index (χ2n) is 4.87. The maximum absolute atomic E-state index is 8.73. The van der Waals surface area contributed by atoms with E-state index in [1.165, 1.54) is 18.0 Å². The lowest BCUT2D eigenvalue weighted by Crippen LogP contribution is -2.19. The third-order valence-corrected chi connectivity index (χ3v) is 4.38. The Morgan fingerprint density at radius 1 is 1.41 bits per heavy atom. The van der Waals surface area contributed by atoms with Crippen LogP contribution in [0.25, 0.3) is 0 Å². The Hall–Kier alpha value is -0.820. The summed E-state index contributed by atoms with van der Waals surface area (Å²) in [5.74, 6) is 7.34. The highest BCUT2D eigenvalue weighted by atomic mass is 32.1. The van der Waals surface area contributed by atoms with Crippen LogP contribution < -0.4 is 0 Å². The van der Waals surface area contributed by atoms with Gasteiger partial charge in [-0.05, 0) is 23.3 Å². The number of aliphatic hydroxyl groups is 1. The summed E-state index contributed by atoms with van der Waals surface area (Å²) in [5.41, 5.74) is 1.08. The molecule has 3 heteroatoms. The van der Waals surface area contributed by atoms with Crippen LogP contribution in [0.1, 0.15) is 24.3 Å². The summed E-state index contributed by atoms with van der Waals surface area (Å²) in [6, 6.07) is 2.05. The molecular weight excluding hydrogens is 230 g/mol. The minimum absolute atomic E-state index is 0.0624. The number of aliphatic hydroxyl groups excluding tert-OH is 1. The van der Waals surface area contributed by atoms with Crippen molar-refractivity contribution in [1.82, 2.24) is 4.90 Å². The van der Waals surface area contributed by atoms with Crippen molar-refractivity contribution in [3.8, 4) is 11.8 Å². The molecule has 0 saturated carbocycles. The van der Waals surface area contributed by atoms with Gasteiger partial charge in [-0.1, -0.05) is 25.7 Å². The monoisotopic (exact) mass is 249 g/mol. The van der Waals surface area contributed by atoms with Crippen LogP contribution in [-0.4, -0.2) is 29.7 Å². The molecule has 2 heterocycles. The summed E-state index contributed by atoms with van der Waals surface area (Å²) in [7, 11) is 0. The van der Waals surface area contributed by atoms with E-state index in [0.717, 1.165) is 23.9 Å². The fourth-order valence-corrected chi connectivity index (χ4v) is 3.16. The van der Waals surface area contributed by atoms with Crippen LogP contribution in [0.3, 0.4) is 0 Å². The van der Waals surface area contributed by atoms with Crippen molar-refractivity contribution in [2.45, 2.75) is 20.4 Å². The zero-order valence-electron chi connectivity index (χ0n) is 10.4. The standard InChI is InChI=1S/C14H19NOS/c1-11-8-15(9-12(11)2)10-14-13(4-3-6-16)5-7-17-14/h5,7,11-12,16H,6,8-10H2,1-2H3.